The van der Waals surface area contributed by atoms with E-state index in [2.05, 4.69) is 10.3 Å². The maximum Gasteiger partial charge on any atom is 0.223 e. The van der Waals surface area contributed by atoms with Crippen molar-refractivity contribution < 1.29 is 19.0 Å². The molecular weight excluding hydrogens is 391 g/mol. The first-order valence-corrected chi connectivity index (χ1v) is 11.3. The molecule has 0 bridgehead atoms. The third kappa shape index (κ3) is 3.52. The van der Waals surface area contributed by atoms with E-state index in [0.717, 1.165) is 30.4 Å². The standard InChI is InChI=1S/C22H27FN2O3S/c1-21(2,27)13-7-22(8-13)9-15(10-22)25-20(26)12-3-16(4-12)28-17-5-14(23)6-18-19(17)24-11-29-18/h5-6,11-13,15-16,27H,3-4,7-10H2,1-2H3,(H,25,26)/t12-,13?,15?,16-,22?. The van der Waals surface area contributed by atoms with Crippen LogP contribution in [0.2, 0.25) is 0 Å². The van der Waals surface area contributed by atoms with E-state index >= 15 is 0 Å². The first-order chi connectivity index (χ1) is 13.7. The molecule has 0 radical (unpaired) electrons. The molecular formula is C22H27FN2O3S. The highest BCUT2D eigenvalue weighted by Crippen LogP contribution is 2.61. The van der Waals surface area contributed by atoms with Crippen LogP contribution >= 0.6 is 11.3 Å². The van der Waals surface area contributed by atoms with Gasteiger partial charge < -0.3 is 15.2 Å². The average Bonchev–Trinajstić information content (AvgIpc) is 2.97. The van der Waals surface area contributed by atoms with Gasteiger partial charge in [0.1, 0.15) is 23.2 Å². The smallest absolute Gasteiger partial charge is 0.223 e. The first-order valence-electron chi connectivity index (χ1n) is 10.4. The van der Waals surface area contributed by atoms with Gasteiger partial charge in [-0.1, -0.05) is 0 Å². The van der Waals surface area contributed by atoms with Crippen molar-refractivity contribution in [2.24, 2.45) is 17.3 Å². The Labute approximate surface area is 173 Å². The zero-order valence-electron chi connectivity index (χ0n) is 16.8. The van der Waals surface area contributed by atoms with Crippen LogP contribution in [0.4, 0.5) is 4.39 Å². The predicted molar refractivity (Wildman–Crippen MR) is 109 cm³/mol. The van der Waals surface area contributed by atoms with Gasteiger partial charge in [-0.25, -0.2) is 9.37 Å². The van der Waals surface area contributed by atoms with Gasteiger partial charge in [-0.15, -0.1) is 11.3 Å². The molecule has 1 amide bonds. The summed E-state index contributed by atoms with van der Waals surface area (Å²) in [7, 11) is 0. The lowest BCUT2D eigenvalue weighted by molar-refractivity contribution is -0.144. The van der Waals surface area contributed by atoms with Gasteiger partial charge in [0.25, 0.3) is 0 Å². The normalized spacial score (nSPS) is 33.7. The van der Waals surface area contributed by atoms with E-state index in [-0.39, 0.29) is 29.8 Å². The second-order valence-corrected chi connectivity index (χ2v) is 10.8. The van der Waals surface area contributed by atoms with Gasteiger partial charge in [0.2, 0.25) is 5.91 Å². The summed E-state index contributed by atoms with van der Waals surface area (Å²) in [5.74, 6) is 0.614. The third-order valence-electron chi connectivity index (χ3n) is 7.19. The molecule has 3 fully saturated rings. The van der Waals surface area contributed by atoms with Crippen LogP contribution in [0.15, 0.2) is 17.6 Å². The molecule has 1 aromatic carbocycles. The Morgan fingerprint density at radius 2 is 2.03 bits per heavy atom. The predicted octanol–water partition coefficient (Wildman–Crippen LogP) is 4.04. The molecule has 2 N–H and O–H groups in total. The largest absolute Gasteiger partial charge is 0.488 e. The number of carbonyl (C=O) groups is 1. The number of thiazole rings is 1. The highest BCUT2D eigenvalue weighted by Gasteiger charge is 2.56. The summed E-state index contributed by atoms with van der Waals surface area (Å²) >= 11 is 1.39. The number of hydrogen-bond donors (Lipinski definition) is 2. The molecule has 7 heteroatoms. The van der Waals surface area contributed by atoms with E-state index < -0.39 is 5.60 Å². The number of aliphatic hydroxyl groups is 1. The minimum Gasteiger partial charge on any atom is -0.488 e. The number of nitrogens with one attached hydrogen (secondary N) is 1. The molecule has 2 aromatic rings. The van der Waals surface area contributed by atoms with Crippen molar-refractivity contribution in [3.8, 4) is 5.75 Å². The number of benzene rings is 1. The van der Waals surface area contributed by atoms with E-state index in [9.17, 15) is 14.3 Å². The minimum atomic E-state index is -0.591. The molecule has 3 aliphatic rings. The number of aromatic nitrogens is 1. The Bertz CT molecular complexity index is 933. The number of halogens is 1. The van der Waals surface area contributed by atoms with Crippen LogP contribution in [0.3, 0.4) is 0 Å². The molecule has 3 aliphatic carbocycles. The van der Waals surface area contributed by atoms with Crippen molar-refractivity contribution in [3.63, 3.8) is 0 Å². The highest BCUT2D eigenvalue weighted by molar-refractivity contribution is 7.16. The summed E-state index contributed by atoms with van der Waals surface area (Å²) in [6, 6.07) is 3.11. The maximum absolute atomic E-state index is 13.7. The van der Waals surface area contributed by atoms with Crippen molar-refractivity contribution >= 4 is 27.5 Å². The van der Waals surface area contributed by atoms with Crippen LogP contribution in [0.5, 0.6) is 5.75 Å². The quantitative estimate of drug-likeness (QED) is 0.769. The summed E-state index contributed by atoms with van der Waals surface area (Å²) in [5, 5.41) is 13.3. The Morgan fingerprint density at radius 3 is 2.72 bits per heavy atom. The fourth-order valence-corrected chi connectivity index (χ4v) is 5.99. The van der Waals surface area contributed by atoms with Gasteiger partial charge in [-0.2, -0.15) is 0 Å². The molecule has 0 aliphatic heterocycles. The van der Waals surface area contributed by atoms with Crippen molar-refractivity contribution in [1.29, 1.82) is 0 Å². The lowest BCUT2D eigenvalue weighted by Crippen LogP contribution is -2.60. The lowest BCUT2D eigenvalue weighted by atomic mass is 9.47. The summed E-state index contributed by atoms with van der Waals surface area (Å²) in [4.78, 5) is 16.8. The SMILES string of the molecule is CC(C)(O)C1CC2(CC(NC(=O)[C@H]3C[C@H](Oc4cc(F)cc5scnc45)C3)C2)C1. The van der Waals surface area contributed by atoms with E-state index in [1.807, 2.05) is 13.8 Å². The molecule has 29 heavy (non-hydrogen) atoms. The third-order valence-corrected chi connectivity index (χ3v) is 7.96. The van der Waals surface area contributed by atoms with E-state index in [1.165, 1.54) is 23.5 Å². The fraction of sp³-hybridized carbons (Fsp3) is 0.636. The molecule has 1 heterocycles. The summed E-state index contributed by atoms with van der Waals surface area (Å²) < 4.78 is 20.5. The molecule has 0 unspecified atom stereocenters. The van der Waals surface area contributed by atoms with Crippen LogP contribution in [-0.2, 0) is 4.79 Å². The number of fused-ring (bicyclic) bond motifs is 1. The first kappa shape index (κ1) is 19.2. The summed E-state index contributed by atoms with van der Waals surface area (Å²) in [5.41, 5.74) is 2.13. The second-order valence-electron chi connectivity index (χ2n) is 9.88. The van der Waals surface area contributed by atoms with Gasteiger partial charge in [0.15, 0.2) is 0 Å². The topological polar surface area (TPSA) is 71.5 Å². The van der Waals surface area contributed by atoms with Crippen LogP contribution in [0.1, 0.15) is 52.4 Å². The molecule has 5 rings (SSSR count). The van der Waals surface area contributed by atoms with Crippen LogP contribution in [0, 0.1) is 23.1 Å². The summed E-state index contributed by atoms with van der Waals surface area (Å²) in [6.45, 7) is 3.78. The molecule has 1 spiro atoms. The maximum atomic E-state index is 13.7. The highest BCUT2D eigenvalue weighted by atomic mass is 32.1. The van der Waals surface area contributed by atoms with Gasteiger partial charge in [-0.05, 0) is 69.8 Å². The minimum absolute atomic E-state index is 0.0263. The number of hydrogen-bond acceptors (Lipinski definition) is 5. The number of rotatable bonds is 5. The molecule has 1 aromatic heterocycles. The Morgan fingerprint density at radius 1 is 1.31 bits per heavy atom. The van der Waals surface area contributed by atoms with E-state index in [1.54, 1.807) is 5.51 Å². The van der Waals surface area contributed by atoms with Crippen molar-refractivity contribution in [2.45, 2.75) is 70.1 Å². The van der Waals surface area contributed by atoms with Crippen LogP contribution in [0.25, 0.3) is 10.2 Å². The van der Waals surface area contributed by atoms with Crippen LogP contribution in [-0.4, -0.2) is 33.7 Å². The molecule has 3 saturated carbocycles. The van der Waals surface area contributed by atoms with Gasteiger partial charge >= 0.3 is 0 Å². The molecule has 5 nitrogen and oxygen atoms in total. The number of nitrogens with zero attached hydrogens (tertiary/aromatic N) is 1. The number of amides is 1. The molecule has 0 atom stereocenters. The van der Waals surface area contributed by atoms with Gasteiger partial charge in [-0.3, -0.25) is 4.79 Å². The fourth-order valence-electron chi connectivity index (χ4n) is 5.27. The van der Waals surface area contributed by atoms with Crippen molar-refractivity contribution in [3.05, 3.63) is 23.5 Å². The second kappa shape index (κ2) is 6.64. The van der Waals surface area contributed by atoms with Crippen LogP contribution < -0.4 is 10.1 Å². The van der Waals surface area contributed by atoms with E-state index in [0.29, 0.717) is 35.4 Å². The Hall–Kier alpha value is -1.73. The summed E-state index contributed by atoms with van der Waals surface area (Å²) in [6.07, 6.45) is 5.46. The Kier molecular flexibility index (Phi) is 4.41. The number of ether oxygens (including phenoxy) is 1. The zero-order valence-corrected chi connectivity index (χ0v) is 17.6. The lowest BCUT2D eigenvalue weighted by Gasteiger charge is -2.60. The Balaban J connectivity index is 1.07. The van der Waals surface area contributed by atoms with Gasteiger partial charge in [0.05, 0.1) is 15.8 Å². The monoisotopic (exact) mass is 418 g/mol. The average molecular weight is 419 g/mol. The zero-order chi connectivity index (χ0) is 20.4. The van der Waals surface area contributed by atoms with Gasteiger partial charge in [0, 0.05) is 18.0 Å². The number of carbonyl (C=O) groups excluding carboxylic acids is 1. The molecule has 156 valence electrons. The van der Waals surface area contributed by atoms with E-state index in [4.69, 9.17) is 4.74 Å². The van der Waals surface area contributed by atoms with Crippen molar-refractivity contribution in [1.82, 2.24) is 10.3 Å². The van der Waals surface area contributed by atoms with Crippen molar-refractivity contribution in [2.75, 3.05) is 0 Å². The molecule has 0 saturated heterocycles.